The standard InChI is InChI=1S/C14H27NO4S/c1-12(2)13-6-4-9-15(10-8-13)20(17,18)11-5-7-14(16)19-3/h12-13H,4-11H2,1-3H3. The number of hydrogen-bond donors (Lipinski definition) is 0. The van der Waals surface area contributed by atoms with Gasteiger partial charge < -0.3 is 4.74 Å². The van der Waals surface area contributed by atoms with Gasteiger partial charge in [0.05, 0.1) is 12.9 Å². The number of hydrogen-bond acceptors (Lipinski definition) is 4. The molecule has 6 heteroatoms. The van der Waals surface area contributed by atoms with Gasteiger partial charge in [-0.3, -0.25) is 4.79 Å². The van der Waals surface area contributed by atoms with Crippen LogP contribution in [0.4, 0.5) is 0 Å². The third-order valence-corrected chi connectivity index (χ3v) is 6.04. The van der Waals surface area contributed by atoms with Crippen molar-refractivity contribution in [2.75, 3.05) is 26.0 Å². The van der Waals surface area contributed by atoms with Gasteiger partial charge in [-0.15, -0.1) is 0 Å². The molecule has 0 radical (unpaired) electrons. The van der Waals surface area contributed by atoms with Crippen LogP contribution in [0.3, 0.4) is 0 Å². The first-order valence-corrected chi connectivity index (χ1v) is 9.02. The lowest BCUT2D eigenvalue weighted by Crippen LogP contribution is -2.34. The molecule has 1 heterocycles. The molecule has 0 aromatic rings. The summed E-state index contributed by atoms with van der Waals surface area (Å²) in [4.78, 5) is 11.0. The lowest BCUT2D eigenvalue weighted by molar-refractivity contribution is -0.140. The molecule has 0 aromatic heterocycles. The first kappa shape index (κ1) is 17.4. The van der Waals surface area contributed by atoms with Crippen LogP contribution in [-0.2, 0) is 19.6 Å². The molecule has 0 aromatic carbocycles. The molecule has 1 aliphatic heterocycles. The molecular weight excluding hydrogens is 278 g/mol. The van der Waals surface area contributed by atoms with Gasteiger partial charge in [0.1, 0.15) is 0 Å². The van der Waals surface area contributed by atoms with Crippen LogP contribution in [-0.4, -0.2) is 44.6 Å². The molecule has 0 bridgehead atoms. The maximum absolute atomic E-state index is 12.3. The number of carbonyl (C=O) groups excluding carboxylic acids is 1. The third-order valence-electron chi connectivity index (χ3n) is 4.08. The van der Waals surface area contributed by atoms with E-state index in [9.17, 15) is 13.2 Å². The van der Waals surface area contributed by atoms with E-state index in [1.807, 2.05) is 0 Å². The summed E-state index contributed by atoms with van der Waals surface area (Å²) in [6.07, 6.45) is 3.47. The zero-order valence-electron chi connectivity index (χ0n) is 12.8. The van der Waals surface area contributed by atoms with Crippen LogP contribution in [0.2, 0.25) is 0 Å². The molecule has 0 spiro atoms. The number of nitrogens with zero attached hydrogens (tertiary/aromatic N) is 1. The van der Waals surface area contributed by atoms with Crippen LogP contribution in [0, 0.1) is 11.8 Å². The number of sulfonamides is 1. The van der Waals surface area contributed by atoms with Crippen molar-refractivity contribution in [2.45, 2.75) is 46.0 Å². The van der Waals surface area contributed by atoms with Crippen molar-refractivity contribution in [2.24, 2.45) is 11.8 Å². The van der Waals surface area contributed by atoms with Crippen LogP contribution in [0.15, 0.2) is 0 Å². The van der Waals surface area contributed by atoms with Gasteiger partial charge in [-0.2, -0.15) is 0 Å². The molecule has 1 rings (SSSR count). The van der Waals surface area contributed by atoms with Crippen molar-refractivity contribution in [3.63, 3.8) is 0 Å². The highest BCUT2D eigenvalue weighted by Gasteiger charge is 2.26. The zero-order valence-corrected chi connectivity index (χ0v) is 13.6. The largest absolute Gasteiger partial charge is 0.469 e. The van der Waals surface area contributed by atoms with Crippen molar-refractivity contribution in [1.82, 2.24) is 4.31 Å². The van der Waals surface area contributed by atoms with E-state index in [0.29, 0.717) is 31.3 Å². The van der Waals surface area contributed by atoms with Crippen molar-refractivity contribution >= 4 is 16.0 Å². The molecule has 20 heavy (non-hydrogen) atoms. The van der Waals surface area contributed by atoms with E-state index >= 15 is 0 Å². The number of rotatable bonds is 6. The Morgan fingerprint density at radius 3 is 2.60 bits per heavy atom. The summed E-state index contributed by atoms with van der Waals surface area (Å²) >= 11 is 0. The Kier molecular flexibility index (Phi) is 6.95. The maximum Gasteiger partial charge on any atom is 0.305 e. The first-order chi connectivity index (χ1) is 9.36. The molecule has 1 aliphatic rings. The highest BCUT2D eigenvalue weighted by molar-refractivity contribution is 7.89. The van der Waals surface area contributed by atoms with E-state index in [1.165, 1.54) is 7.11 Å². The van der Waals surface area contributed by atoms with Crippen LogP contribution in [0.1, 0.15) is 46.0 Å². The Morgan fingerprint density at radius 2 is 2.00 bits per heavy atom. The summed E-state index contributed by atoms with van der Waals surface area (Å²) in [6, 6.07) is 0. The highest BCUT2D eigenvalue weighted by Crippen LogP contribution is 2.25. The quantitative estimate of drug-likeness (QED) is 0.704. The Bertz CT molecular complexity index is 405. The van der Waals surface area contributed by atoms with Crippen molar-refractivity contribution in [1.29, 1.82) is 0 Å². The second kappa shape index (κ2) is 7.98. The molecule has 5 nitrogen and oxygen atoms in total. The predicted molar refractivity (Wildman–Crippen MR) is 78.8 cm³/mol. The van der Waals surface area contributed by atoms with Crippen molar-refractivity contribution in [3.8, 4) is 0 Å². The van der Waals surface area contributed by atoms with E-state index < -0.39 is 10.0 Å². The maximum atomic E-state index is 12.3. The molecule has 0 saturated carbocycles. The average molecular weight is 305 g/mol. The van der Waals surface area contributed by atoms with Gasteiger partial charge in [0.2, 0.25) is 10.0 Å². The van der Waals surface area contributed by atoms with Crippen molar-refractivity contribution < 1.29 is 17.9 Å². The van der Waals surface area contributed by atoms with Crippen LogP contribution >= 0.6 is 0 Å². The van der Waals surface area contributed by atoms with E-state index in [-0.39, 0.29) is 18.1 Å². The highest BCUT2D eigenvalue weighted by atomic mass is 32.2. The normalized spacial score (nSPS) is 21.7. The molecule has 118 valence electrons. The summed E-state index contributed by atoms with van der Waals surface area (Å²) in [7, 11) is -1.92. The first-order valence-electron chi connectivity index (χ1n) is 7.41. The molecule has 1 fully saturated rings. The molecular formula is C14H27NO4S. The molecule has 0 N–H and O–H groups in total. The summed E-state index contributed by atoms with van der Waals surface area (Å²) in [5.41, 5.74) is 0. The molecule has 0 aliphatic carbocycles. The molecule has 0 amide bonds. The van der Waals surface area contributed by atoms with Crippen LogP contribution < -0.4 is 0 Å². The fourth-order valence-corrected chi connectivity index (χ4v) is 4.23. The molecule has 1 saturated heterocycles. The lowest BCUT2D eigenvalue weighted by atomic mass is 9.89. The monoisotopic (exact) mass is 305 g/mol. The fraction of sp³-hybridized carbons (Fsp3) is 0.929. The van der Waals surface area contributed by atoms with Crippen molar-refractivity contribution in [3.05, 3.63) is 0 Å². The smallest absolute Gasteiger partial charge is 0.305 e. The minimum Gasteiger partial charge on any atom is -0.469 e. The number of carbonyl (C=O) groups is 1. The van der Waals surface area contributed by atoms with Gasteiger partial charge in [0, 0.05) is 19.5 Å². The van der Waals surface area contributed by atoms with Gasteiger partial charge in [0.25, 0.3) is 0 Å². The van der Waals surface area contributed by atoms with Crippen LogP contribution in [0.5, 0.6) is 0 Å². The van der Waals surface area contributed by atoms with E-state index in [4.69, 9.17) is 0 Å². The van der Waals surface area contributed by atoms with Gasteiger partial charge in [-0.25, -0.2) is 12.7 Å². The third kappa shape index (κ3) is 5.40. The van der Waals surface area contributed by atoms with Gasteiger partial charge in [-0.05, 0) is 37.5 Å². The van der Waals surface area contributed by atoms with Gasteiger partial charge in [0.15, 0.2) is 0 Å². The summed E-state index contributed by atoms with van der Waals surface area (Å²) in [5.74, 6) is 0.909. The summed E-state index contributed by atoms with van der Waals surface area (Å²) in [5, 5.41) is 0. The Morgan fingerprint density at radius 1 is 1.30 bits per heavy atom. The number of ether oxygens (including phenoxy) is 1. The average Bonchev–Trinajstić information content (AvgIpc) is 2.64. The Balaban J connectivity index is 2.49. The fourth-order valence-electron chi connectivity index (χ4n) is 2.67. The van der Waals surface area contributed by atoms with Gasteiger partial charge in [-0.1, -0.05) is 13.8 Å². The SMILES string of the molecule is COC(=O)CCCS(=O)(=O)N1CCCC(C(C)C)CC1. The Hall–Kier alpha value is -0.620. The second-order valence-electron chi connectivity index (χ2n) is 5.83. The van der Waals surface area contributed by atoms with E-state index in [1.54, 1.807) is 4.31 Å². The zero-order chi connectivity index (χ0) is 15.2. The summed E-state index contributed by atoms with van der Waals surface area (Å²) in [6.45, 7) is 5.63. The Labute approximate surface area is 122 Å². The number of methoxy groups -OCH3 is 1. The molecule has 1 unspecified atom stereocenters. The molecule has 1 atom stereocenters. The van der Waals surface area contributed by atoms with Crippen LogP contribution in [0.25, 0.3) is 0 Å². The second-order valence-corrected chi connectivity index (χ2v) is 7.92. The number of esters is 1. The minimum atomic E-state index is -3.23. The van der Waals surface area contributed by atoms with Gasteiger partial charge >= 0.3 is 5.97 Å². The topological polar surface area (TPSA) is 63.7 Å². The minimum absolute atomic E-state index is 0.0362. The van der Waals surface area contributed by atoms with E-state index in [2.05, 4.69) is 18.6 Å². The predicted octanol–water partition coefficient (Wildman–Crippen LogP) is 2.03. The van der Waals surface area contributed by atoms with E-state index in [0.717, 1.165) is 19.3 Å². The lowest BCUT2D eigenvalue weighted by Gasteiger charge is -2.21. The summed E-state index contributed by atoms with van der Waals surface area (Å²) < 4.78 is 30.6.